The Hall–Kier alpha value is -1.10. The summed E-state index contributed by atoms with van der Waals surface area (Å²) in [6.45, 7) is 7.70. The van der Waals surface area contributed by atoms with E-state index in [-0.39, 0.29) is 11.8 Å². The average Bonchev–Trinajstić information content (AvgIpc) is 2.95. The minimum absolute atomic E-state index is 0.0682. The van der Waals surface area contributed by atoms with E-state index < -0.39 is 11.9 Å². The first kappa shape index (κ1) is 15.3. The second-order valence-electron chi connectivity index (χ2n) is 6.10. The highest BCUT2D eigenvalue weighted by Gasteiger charge is 2.40. The zero-order valence-corrected chi connectivity index (χ0v) is 12.5. The molecule has 1 amide bonds. The summed E-state index contributed by atoms with van der Waals surface area (Å²) >= 11 is 0. The highest BCUT2D eigenvalue weighted by Crippen LogP contribution is 2.33. The molecule has 2 fully saturated rings. The predicted octanol–water partition coefficient (Wildman–Crippen LogP) is 1.43. The molecule has 0 aromatic carbocycles. The van der Waals surface area contributed by atoms with Gasteiger partial charge in [-0.05, 0) is 26.2 Å². The minimum atomic E-state index is -0.806. The number of nitrogens with zero attached hydrogens (tertiary/aromatic N) is 2. The molecule has 1 N–H and O–H groups in total. The lowest BCUT2D eigenvalue weighted by molar-refractivity contribution is -0.149. The summed E-state index contributed by atoms with van der Waals surface area (Å²) in [6.07, 6.45) is 3.37. The number of piperazine rings is 1. The van der Waals surface area contributed by atoms with Crippen LogP contribution in [0.5, 0.6) is 0 Å². The summed E-state index contributed by atoms with van der Waals surface area (Å²) in [7, 11) is 0. The van der Waals surface area contributed by atoms with Crippen LogP contribution in [0.4, 0.5) is 0 Å². The topological polar surface area (TPSA) is 60.9 Å². The van der Waals surface area contributed by atoms with Crippen molar-refractivity contribution in [2.75, 3.05) is 26.2 Å². The molecule has 3 atom stereocenters. The standard InChI is InChI=1S/C15H26N2O3/c1-3-11(2)16-7-9-17(10-8-16)14(18)12-5-4-6-13(12)15(19)20/h11-13H,3-10H2,1-2H3,(H,19,20). The van der Waals surface area contributed by atoms with E-state index in [1.165, 1.54) is 0 Å². The Morgan fingerprint density at radius 2 is 1.75 bits per heavy atom. The van der Waals surface area contributed by atoms with Crippen LogP contribution in [0.2, 0.25) is 0 Å². The number of carbonyl (C=O) groups is 2. The van der Waals surface area contributed by atoms with Gasteiger partial charge >= 0.3 is 5.97 Å². The third-order valence-electron chi connectivity index (χ3n) is 4.99. The van der Waals surface area contributed by atoms with E-state index in [0.717, 1.165) is 45.4 Å². The number of hydrogen-bond acceptors (Lipinski definition) is 3. The van der Waals surface area contributed by atoms with Crippen molar-refractivity contribution >= 4 is 11.9 Å². The van der Waals surface area contributed by atoms with Gasteiger partial charge in [-0.3, -0.25) is 14.5 Å². The number of carboxylic acids is 1. The summed E-state index contributed by atoms with van der Waals surface area (Å²) in [6, 6.07) is 0.561. The third kappa shape index (κ3) is 3.14. The molecule has 1 aliphatic heterocycles. The lowest BCUT2D eigenvalue weighted by Gasteiger charge is -2.39. The molecule has 3 unspecified atom stereocenters. The number of hydrogen-bond donors (Lipinski definition) is 1. The minimum Gasteiger partial charge on any atom is -0.481 e. The van der Waals surface area contributed by atoms with Crippen molar-refractivity contribution < 1.29 is 14.7 Å². The Labute approximate surface area is 120 Å². The normalized spacial score (nSPS) is 29.4. The molecule has 1 saturated heterocycles. The molecule has 0 radical (unpaired) electrons. The summed E-state index contributed by atoms with van der Waals surface area (Å²) in [4.78, 5) is 28.0. The van der Waals surface area contributed by atoms with Gasteiger partial charge in [0, 0.05) is 32.2 Å². The first-order valence-corrected chi connectivity index (χ1v) is 7.80. The van der Waals surface area contributed by atoms with E-state index in [4.69, 9.17) is 0 Å². The maximum Gasteiger partial charge on any atom is 0.307 e. The van der Waals surface area contributed by atoms with E-state index >= 15 is 0 Å². The molecule has 0 aromatic rings. The molecule has 2 aliphatic rings. The Morgan fingerprint density at radius 3 is 2.30 bits per heavy atom. The fourth-order valence-corrected chi connectivity index (χ4v) is 3.43. The molecular formula is C15H26N2O3. The van der Waals surface area contributed by atoms with Gasteiger partial charge in [0.25, 0.3) is 0 Å². The van der Waals surface area contributed by atoms with Gasteiger partial charge < -0.3 is 10.0 Å². The third-order valence-corrected chi connectivity index (χ3v) is 4.99. The Bertz CT molecular complexity index is 364. The van der Waals surface area contributed by atoms with E-state index in [9.17, 15) is 14.7 Å². The van der Waals surface area contributed by atoms with Crippen molar-refractivity contribution in [3.63, 3.8) is 0 Å². The average molecular weight is 282 g/mol. The monoisotopic (exact) mass is 282 g/mol. The van der Waals surface area contributed by atoms with Gasteiger partial charge in [-0.15, -0.1) is 0 Å². The molecule has 1 saturated carbocycles. The quantitative estimate of drug-likeness (QED) is 0.847. The lowest BCUT2D eigenvalue weighted by atomic mass is 9.94. The number of aliphatic carboxylic acids is 1. The van der Waals surface area contributed by atoms with Crippen LogP contribution in [-0.2, 0) is 9.59 Å². The predicted molar refractivity (Wildman–Crippen MR) is 76.4 cm³/mol. The van der Waals surface area contributed by atoms with Crippen molar-refractivity contribution in [1.82, 2.24) is 9.80 Å². The van der Waals surface area contributed by atoms with Crippen LogP contribution in [0.1, 0.15) is 39.5 Å². The Kier molecular flexibility index (Phi) is 5.02. The molecule has 0 bridgehead atoms. The van der Waals surface area contributed by atoms with Crippen LogP contribution in [0, 0.1) is 11.8 Å². The van der Waals surface area contributed by atoms with Gasteiger partial charge in [0.15, 0.2) is 0 Å². The van der Waals surface area contributed by atoms with Gasteiger partial charge in [-0.1, -0.05) is 13.3 Å². The zero-order valence-electron chi connectivity index (χ0n) is 12.5. The smallest absolute Gasteiger partial charge is 0.307 e. The molecule has 0 spiro atoms. The highest BCUT2D eigenvalue weighted by atomic mass is 16.4. The van der Waals surface area contributed by atoms with Crippen molar-refractivity contribution in [1.29, 1.82) is 0 Å². The molecule has 0 aromatic heterocycles. The summed E-state index contributed by atoms with van der Waals surface area (Å²) in [5, 5.41) is 9.20. The largest absolute Gasteiger partial charge is 0.481 e. The van der Waals surface area contributed by atoms with Crippen LogP contribution < -0.4 is 0 Å². The van der Waals surface area contributed by atoms with E-state index in [1.807, 2.05) is 4.90 Å². The fourth-order valence-electron chi connectivity index (χ4n) is 3.43. The van der Waals surface area contributed by atoms with Crippen LogP contribution in [0.25, 0.3) is 0 Å². The van der Waals surface area contributed by atoms with Crippen molar-refractivity contribution in [2.45, 2.75) is 45.6 Å². The lowest BCUT2D eigenvalue weighted by Crippen LogP contribution is -2.53. The number of carboxylic acid groups (broad SMARTS) is 1. The zero-order chi connectivity index (χ0) is 14.7. The summed E-state index contributed by atoms with van der Waals surface area (Å²) in [5.41, 5.74) is 0. The number of amides is 1. The molecule has 20 heavy (non-hydrogen) atoms. The van der Waals surface area contributed by atoms with Gasteiger partial charge in [0.05, 0.1) is 11.8 Å². The molecular weight excluding hydrogens is 256 g/mol. The van der Waals surface area contributed by atoms with Crippen molar-refractivity contribution in [2.24, 2.45) is 11.8 Å². The maximum absolute atomic E-state index is 12.5. The van der Waals surface area contributed by atoms with Crippen molar-refractivity contribution in [3.05, 3.63) is 0 Å². The Balaban J connectivity index is 1.90. The van der Waals surface area contributed by atoms with E-state index in [1.54, 1.807) is 0 Å². The second-order valence-corrected chi connectivity index (χ2v) is 6.10. The molecule has 1 aliphatic carbocycles. The SMILES string of the molecule is CCC(C)N1CCN(C(=O)C2CCCC2C(=O)O)CC1. The summed E-state index contributed by atoms with van der Waals surface area (Å²) < 4.78 is 0. The van der Waals surface area contributed by atoms with Crippen LogP contribution >= 0.6 is 0 Å². The fraction of sp³-hybridized carbons (Fsp3) is 0.867. The Morgan fingerprint density at radius 1 is 1.15 bits per heavy atom. The van der Waals surface area contributed by atoms with Crippen LogP contribution in [0.15, 0.2) is 0 Å². The molecule has 1 heterocycles. The number of rotatable bonds is 4. The first-order chi connectivity index (χ1) is 9.54. The maximum atomic E-state index is 12.5. The van der Waals surface area contributed by atoms with Gasteiger partial charge in [0.2, 0.25) is 5.91 Å². The molecule has 5 heteroatoms. The number of carbonyl (C=O) groups excluding carboxylic acids is 1. The van der Waals surface area contributed by atoms with E-state index in [2.05, 4.69) is 18.7 Å². The van der Waals surface area contributed by atoms with Crippen LogP contribution in [-0.4, -0.2) is 59.0 Å². The second kappa shape index (κ2) is 6.57. The van der Waals surface area contributed by atoms with Gasteiger partial charge in [-0.25, -0.2) is 0 Å². The van der Waals surface area contributed by atoms with E-state index in [0.29, 0.717) is 12.5 Å². The molecule has 5 nitrogen and oxygen atoms in total. The highest BCUT2D eigenvalue weighted by molar-refractivity contribution is 5.85. The first-order valence-electron chi connectivity index (χ1n) is 7.80. The van der Waals surface area contributed by atoms with Gasteiger partial charge in [0.1, 0.15) is 0 Å². The van der Waals surface area contributed by atoms with Crippen LogP contribution in [0.3, 0.4) is 0 Å². The molecule has 2 rings (SSSR count). The van der Waals surface area contributed by atoms with Crippen molar-refractivity contribution in [3.8, 4) is 0 Å². The van der Waals surface area contributed by atoms with Gasteiger partial charge in [-0.2, -0.15) is 0 Å². The summed E-state index contributed by atoms with van der Waals surface area (Å²) in [5.74, 6) is -1.49. The molecule has 114 valence electrons.